The van der Waals surface area contributed by atoms with Crippen LogP contribution < -0.4 is 4.90 Å². The first-order valence-corrected chi connectivity index (χ1v) is 8.42. The van der Waals surface area contributed by atoms with Crippen LogP contribution in [0.15, 0.2) is 18.2 Å². The van der Waals surface area contributed by atoms with Crippen LogP contribution in [-0.4, -0.2) is 28.9 Å². The maximum absolute atomic E-state index is 12.8. The Morgan fingerprint density at radius 1 is 1.29 bits per heavy atom. The maximum Gasteiger partial charge on any atom is 0.415 e. The van der Waals surface area contributed by atoms with Crippen LogP contribution in [0.3, 0.4) is 0 Å². The van der Waals surface area contributed by atoms with Crippen LogP contribution >= 0.6 is 0 Å². The summed E-state index contributed by atoms with van der Waals surface area (Å²) in [5.41, 5.74) is 1.62. The molecule has 1 aromatic carbocycles. The summed E-state index contributed by atoms with van der Waals surface area (Å²) < 4.78 is 5.61. The number of carbonyl (C=O) groups excluding carboxylic acids is 1. The van der Waals surface area contributed by atoms with Gasteiger partial charge in [-0.25, -0.2) is 4.79 Å². The van der Waals surface area contributed by atoms with Gasteiger partial charge in [0.2, 0.25) is 0 Å². The van der Waals surface area contributed by atoms with Crippen LogP contribution in [0.5, 0.6) is 0 Å². The van der Waals surface area contributed by atoms with Crippen LogP contribution in [0.2, 0.25) is 0 Å². The lowest BCUT2D eigenvalue weighted by molar-refractivity contribution is 0.0534. The van der Waals surface area contributed by atoms with Crippen LogP contribution in [0.4, 0.5) is 10.5 Å². The summed E-state index contributed by atoms with van der Waals surface area (Å²) in [6.45, 7) is 7.43. The fourth-order valence-electron chi connectivity index (χ4n) is 3.07. The van der Waals surface area contributed by atoms with Gasteiger partial charge in [-0.1, -0.05) is 0 Å². The zero-order valence-corrected chi connectivity index (χ0v) is 14.9. The molecular formula is C19H26N2O3. The molecule has 0 saturated heterocycles. The Morgan fingerprint density at radius 2 is 1.92 bits per heavy atom. The molecule has 1 fully saturated rings. The molecule has 2 rings (SSSR count). The molecule has 0 radical (unpaired) electrons. The van der Waals surface area contributed by atoms with E-state index >= 15 is 0 Å². The van der Waals surface area contributed by atoms with Crippen molar-refractivity contribution < 1.29 is 14.6 Å². The van der Waals surface area contributed by atoms with Crippen molar-refractivity contribution in [1.82, 2.24) is 0 Å². The van der Waals surface area contributed by atoms with Crippen molar-refractivity contribution in [3.8, 4) is 6.07 Å². The molecule has 0 spiro atoms. The number of nitrogens with zero attached hydrogens (tertiary/aromatic N) is 2. The molecule has 0 aliphatic heterocycles. The van der Waals surface area contributed by atoms with Crippen molar-refractivity contribution >= 4 is 11.8 Å². The summed E-state index contributed by atoms with van der Waals surface area (Å²) in [7, 11) is 0. The van der Waals surface area contributed by atoms with Crippen molar-refractivity contribution in [1.29, 1.82) is 5.26 Å². The average molecular weight is 330 g/mol. The van der Waals surface area contributed by atoms with Gasteiger partial charge in [-0.2, -0.15) is 5.26 Å². The first-order chi connectivity index (χ1) is 11.2. The third-order valence-corrected chi connectivity index (χ3v) is 4.21. The second-order valence-corrected chi connectivity index (χ2v) is 7.43. The number of carbonyl (C=O) groups is 1. The molecule has 5 nitrogen and oxygen atoms in total. The summed E-state index contributed by atoms with van der Waals surface area (Å²) in [5.74, 6) is 0. The fraction of sp³-hybridized carbons (Fsp3) is 0.579. The van der Waals surface area contributed by atoms with Crippen molar-refractivity contribution in [2.24, 2.45) is 0 Å². The molecule has 0 bridgehead atoms. The van der Waals surface area contributed by atoms with Crippen LogP contribution in [0, 0.1) is 18.3 Å². The van der Waals surface area contributed by atoms with E-state index in [2.05, 4.69) is 6.07 Å². The summed E-state index contributed by atoms with van der Waals surface area (Å²) in [6, 6.07) is 7.42. The van der Waals surface area contributed by atoms with Gasteiger partial charge < -0.3 is 9.84 Å². The molecule has 1 saturated carbocycles. The lowest BCUT2D eigenvalue weighted by Crippen LogP contribution is -2.46. The maximum atomic E-state index is 12.8. The number of amides is 1. The number of hydrogen-bond acceptors (Lipinski definition) is 4. The molecule has 1 amide bonds. The van der Waals surface area contributed by atoms with Gasteiger partial charge in [0.25, 0.3) is 0 Å². The van der Waals surface area contributed by atoms with Gasteiger partial charge >= 0.3 is 6.09 Å². The topological polar surface area (TPSA) is 73.6 Å². The largest absolute Gasteiger partial charge is 0.443 e. The third-order valence-electron chi connectivity index (χ3n) is 4.21. The molecule has 1 N–H and O–H groups in total. The van der Waals surface area contributed by atoms with Gasteiger partial charge in [-0.05, 0) is 77.1 Å². The average Bonchev–Trinajstić information content (AvgIpc) is 2.49. The van der Waals surface area contributed by atoms with E-state index in [1.54, 1.807) is 17.0 Å². The molecule has 0 heterocycles. The minimum absolute atomic E-state index is 0.00474. The highest BCUT2D eigenvalue weighted by Crippen LogP contribution is 2.31. The SMILES string of the molecule is Cc1cc(C#N)ccc1N(C(=O)OC(C)(C)C)C1CCC(O)CC1. The standard InChI is InChI=1S/C19H26N2O3/c1-13-11-14(12-20)5-10-17(13)21(18(23)24-19(2,3)4)15-6-8-16(22)9-7-15/h5,10-11,15-16,22H,6-9H2,1-4H3. The van der Waals surface area contributed by atoms with Gasteiger partial charge in [-0.15, -0.1) is 0 Å². The molecule has 0 unspecified atom stereocenters. The smallest absolute Gasteiger partial charge is 0.415 e. The first-order valence-electron chi connectivity index (χ1n) is 8.42. The second-order valence-electron chi connectivity index (χ2n) is 7.43. The number of ether oxygens (including phenoxy) is 1. The van der Waals surface area contributed by atoms with E-state index in [-0.39, 0.29) is 18.2 Å². The molecule has 24 heavy (non-hydrogen) atoms. The number of aliphatic hydroxyl groups excluding tert-OH is 1. The monoisotopic (exact) mass is 330 g/mol. The highest BCUT2D eigenvalue weighted by molar-refractivity contribution is 5.89. The zero-order chi connectivity index (χ0) is 17.9. The Labute approximate surface area is 143 Å². The normalized spacial score (nSPS) is 21.0. The number of rotatable bonds is 2. The number of anilines is 1. The Bertz CT molecular complexity index is 635. The van der Waals surface area contributed by atoms with E-state index in [9.17, 15) is 9.90 Å². The predicted molar refractivity (Wildman–Crippen MR) is 92.9 cm³/mol. The number of benzene rings is 1. The highest BCUT2D eigenvalue weighted by atomic mass is 16.6. The minimum atomic E-state index is -0.579. The highest BCUT2D eigenvalue weighted by Gasteiger charge is 2.33. The number of hydrogen-bond donors (Lipinski definition) is 1. The Hall–Kier alpha value is -2.06. The van der Waals surface area contributed by atoms with E-state index in [1.807, 2.05) is 33.8 Å². The molecule has 1 aliphatic rings. The Morgan fingerprint density at radius 3 is 2.42 bits per heavy atom. The van der Waals surface area contributed by atoms with Crippen LogP contribution in [0.1, 0.15) is 57.6 Å². The lowest BCUT2D eigenvalue weighted by atomic mass is 9.91. The molecule has 1 aliphatic carbocycles. The van der Waals surface area contributed by atoms with Gasteiger partial charge in [0.15, 0.2) is 0 Å². The summed E-state index contributed by atoms with van der Waals surface area (Å²) in [4.78, 5) is 14.5. The quantitative estimate of drug-likeness (QED) is 0.892. The molecule has 0 atom stereocenters. The first kappa shape index (κ1) is 18.3. The molecule has 5 heteroatoms. The van der Waals surface area contributed by atoms with Gasteiger partial charge in [-0.3, -0.25) is 4.90 Å². The van der Waals surface area contributed by atoms with Crippen LogP contribution in [0.25, 0.3) is 0 Å². The minimum Gasteiger partial charge on any atom is -0.443 e. The van der Waals surface area contributed by atoms with Gasteiger partial charge in [0.1, 0.15) is 5.60 Å². The number of nitriles is 1. The van der Waals surface area contributed by atoms with Crippen molar-refractivity contribution in [2.75, 3.05) is 4.90 Å². The summed E-state index contributed by atoms with van der Waals surface area (Å²) in [5, 5.41) is 18.8. The lowest BCUT2D eigenvalue weighted by Gasteiger charge is -2.37. The van der Waals surface area contributed by atoms with Crippen molar-refractivity contribution in [2.45, 2.75) is 71.1 Å². The van der Waals surface area contributed by atoms with Crippen LogP contribution in [-0.2, 0) is 4.74 Å². The van der Waals surface area contributed by atoms with E-state index in [0.717, 1.165) is 24.1 Å². The van der Waals surface area contributed by atoms with Gasteiger partial charge in [0.05, 0.1) is 23.4 Å². The van der Waals surface area contributed by atoms with E-state index in [4.69, 9.17) is 10.00 Å². The summed E-state index contributed by atoms with van der Waals surface area (Å²) in [6.07, 6.45) is 2.17. The van der Waals surface area contributed by atoms with Gasteiger partial charge in [0, 0.05) is 6.04 Å². The van der Waals surface area contributed by atoms with E-state index in [0.29, 0.717) is 18.4 Å². The Kier molecular flexibility index (Phi) is 5.51. The molecular weight excluding hydrogens is 304 g/mol. The summed E-state index contributed by atoms with van der Waals surface area (Å²) >= 11 is 0. The number of aryl methyl sites for hydroxylation is 1. The fourth-order valence-corrected chi connectivity index (χ4v) is 3.07. The Balaban J connectivity index is 2.35. The van der Waals surface area contributed by atoms with E-state index < -0.39 is 5.60 Å². The predicted octanol–water partition coefficient (Wildman–Crippen LogP) is 3.91. The van der Waals surface area contributed by atoms with E-state index in [1.165, 1.54) is 0 Å². The van der Waals surface area contributed by atoms with Crippen molar-refractivity contribution in [3.05, 3.63) is 29.3 Å². The molecule has 1 aromatic rings. The molecule has 0 aromatic heterocycles. The molecule has 130 valence electrons. The zero-order valence-electron chi connectivity index (χ0n) is 14.9. The van der Waals surface area contributed by atoms with Crippen molar-refractivity contribution in [3.63, 3.8) is 0 Å². The second kappa shape index (κ2) is 7.23. The third kappa shape index (κ3) is 4.48. The number of aliphatic hydroxyl groups is 1.